The molecule has 176 valence electrons. The Kier molecular flexibility index (Phi) is 5.69. The largest absolute Gasteiger partial charge is 0.477 e. The fourth-order valence-corrected chi connectivity index (χ4v) is 5.50. The second-order valence-corrected chi connectivity index (χ2v) is 10.8. The van der Waals surface area contributed by atoms with E-state index in [4.69, 9.17) is 4.74 Å². The first kappa shape index (κ1) is 23.2. The maximum absolute atomic E-state index is 13.1. The fourth-order valence-electron chi connectivity index (χ4n) is 4.20. The number of carbonyl (C=O) groups excluding carboxylic acids is 2. The minimum atomic E-state index is -3.87. The molecule has 9 nitrogen and oxygen atoms in total. The van der Waals surface area contributed by atoms with Crippen LogP contribution in [0.25, 0.3) is 5.57 Å². The molecule has 0 spiro atoms. The third-order valence-corrected chi connectivity index (χ3v) is 7.47. The number of aliphatic imine (C=N–C) groups is 1. The molecule has 4 rings (SSSR count). The summed E-state index contributed by atoms with van der Waals surface area (Å²) in [6.07, 6.45) is 4.33. The number of nitrogens with zero attached hydrogens (tertiary/aromatic N) is 3. The van der Waals surface area contributed by atoms with Crippen molar-refractivity contribution in [2.75, 3.05) is 19.0 Å². The number of fused-ring (bicyclic) bond motifs is 2. The normalized spacial score (nSPS) is 22.4. The highest BCUT2D eigenvalue weighted by molar-refractivity contribution is 7.89. The summed E-state index contributed by atoms with van der Waals surface area (Å²) in [5, 5.41) is 0. The van der Waals surface area contributed by atoms with Crippen molar-refractivity contribution >= 4 is 38.8 Å². The summed E-state index contributed by atoms with van der Waals surface area (Å²) in [6.45, 7) is 7.25. The van der Waals surface area contributed by atoms with E-state index in [-0.39, 0.29) is 28.7 Å². The van der Waals surface area contributed by atoms with Crippen LogP contribution in [0.5, 0.6) is 5.75 Å². The number of ether oxygens (including phenoxy) is 1. The summed E-state index contributed by atoms with van der Waals surface area (Å²) in [6, 6.07) is 2.68. The van der Waals surface area contributed by atoms with Crippen LogP contribution < -0.4 is 14.4 Å². The van der Waals surface area contributed by atoms with Crippen molar-refractivity contribution in [3.8, 4) is 5.75 Å². The molecule has 0 aliphatic carbocycles. The molecule has 0 fully saturated rings. The van der Waals surface area contributed by atoms with E-state index in [1.54, 1.807) is 52.5 Å². The van der Waals surface area contributed by atoms with Crippen LogP contribution in [0.2, 0.25) is 0 Å². The van der Waals surface area contributed by atoms with Crippen LogP contribution in [0.4, 0.5) is 5.69 Å². The molecule has 0 bridgehead atoms. The summed E-state index contributed by atoms with van der Waals surface area (Å²) in [7, 11) is -0.632. The van der Waals surface area contributed by atoms with Crippen molar-refractivity contribution < 1.29 is 22.7 Å². The van der Waals surface area contributed by atoms with Crippen LogP contribution in [0, 0.1) is 11.8 Å². The molecule has 0 saturated heterocycles. The van der Waals surface area contributed by atoms with Gasteiger partial charge in [-0.05, 0) is 37.5 Å². The van der Waals surface area contributed by atoms with Crippen LogP contribution in [0.3, 0.4) is 0 Å². The average molecular weight is 473 g/mol. The Balaban J connectivity index is 1.98. The summed E-state index contributed by atoms with van der Waals surface area (Å²) >= 11 is 0. The minimum Gasteiger partial charge on any atom is -0.477 e. The van der Waals surface area contributed by atoms with E-state index in [0.717, 1.165) is 0 Å². The number of benzene rings is 1. The SMILES string of the molecule is CC(C)NS(=O)(=O)c1cc(C2=CN(C)C(=O)C3=NC=CC23)c2c(c1)N(C)C(=O)C(C(C)C)O2. The van der Waals surface area contributed by atoms with Crippen molar-refractivity contribution in [1.29, 1.82) is 0 Å². The number of allylic oxidation sites excluding steroid dienone is 2. The van der Waals surface area contributed by atoms with Crippen LogP contribution >= 0.6 is 0 Å². The zero-order chi connectivity index (χ0) is 24.2. The first-order valence-electron chi connectivity index (χ1n) is 10.8. The number of nitrogens with one attached hydrogen (secondary N) is 1. The number of anilines is 1. The second kappa shape index (κ2) is 8.11. The van der Waals surface area contributed by atoms with Gasteiger partial charge in [0.25, 0.3) is 11.8 Å². The van der Waals surface area contributed by atoms with Gasteiger partial charge in [0.15, 0.2) is 11.9 Å². The third kappa shape index (κ3) is 3.87. The molecule has 2 unspecified atom stereocenters. The monoisotopic (exact) mass is 472 g/mol. The lowest BCUT2D eigenvalue weighted by molar-refractivity contribution is -0.127. The van der Waals surface area contributed by atoms with E-state index in [2.05, 4.69) is 9.71 Å². The van der Waals surface area contributed by atoms with E-state index in [1.165, 1.54) is 15.9 Å². The average Bonchev–Trinajstić information content (AvgIpc) is 3.21. The van der Waals surface area contributed by atoms with Crippen LogP contribution in [-0.4, -0.2) is 57.1 Å². The molecule has 3 aliphatic heterocycles. The molecule has 1 aromatic carbocycles. The topological polar surface area (TPSA) is 108 Å². The number of likely N-dealkylation sites (N-methyl/N-ethyl adjacent to an activating group) is 1. The summed E-state index contributed by atoms with van der Waals surface area (Å²) in [5.74, 6) is -0.588. The Hall–Kier alpha value is -2.98. The maximum atomic E-state index is 13.1. The van der Waals surface area contributed by atoms with E-state index >= 15 is 0 Å². The van der Waals surface area contributed by atoms with Gasteiger partial charge < -0.3 is 14.5 Å². The Labute approximate surface area is 193 Å². The van der Waals surface area contributed by atoms with Gasteiger partial charge in [0.2, 0.25) is 10.0 Å². The number of carbonyl (C=O) groups is 2. The summed E-state index contributed by atoms with van der Waals surface area (Å²) < 4.78 is 35.0. The molecule has 0 aromatic heterocycles. The summed E-state index contributed by atoms with van der Waals surface area (Å²) in [5.41, 5.74) is 1.90. The molecule has 10 heteroatoms. The molecule has 0 saturated carbocycles. The highest BCUT2D eigenvalue weighted by Crippen LogP contribution is 2.46. The molecule has 3 heterocycles. The van der Waals surface area contributed by atoms with E-state index < -0.39 is 22.0 Å². The Bertz CT molecular complexity index is 1230. The molecule has 3 aliphatic rings. The van der Waals surface area contributed by atoms with E-state index in [0.29, 0.717) is 28.3 Å². The summed E-state index contributed by atoms with van der Waals surface area (Å²) in [4.78, 5) is 32.7. The predicted octanol–water partition coefficient (Wildman–Crippen LogP) is 2.15. The first-order chi connectivity index (χ1) is 15.4. The molecule has 1 N–H and O–H groups in total. The lowest BCUT2D eigenvalue weighted by Crippen LogP contribution is -2.47. The number of hydrogen-bond acceptors (Lipinski definition) is 6. The smallest absolute Gasteiger partial charge is 0.272 e. The zero-order valence-corrected chi connectivity index (χ0v) is 20.3. The maximum Gasteiger partial charge on any atom is 0.272 e. The highest BCUT2D eigenvalue weighted by Gasteiger charge is 2.41. The third-order valence-electron chi connectivity index (χ3n) is 5.83. The van der Waals surface area contributed by atoms with Gasteiger partial charge in [-0.15, -0.1) is 0 Å². The minimum absolute atomic E-state index is 0.0112. The Morgan fingerprint density at radius 3 is 2.45 bits per heavy atom. The molecule has 0 radical (unpaired) electrons. The van der Waals surface area contributed by atoms with Gasteiger partial charge in [-0.2, -0.15) is 0 Å². The zero-order valence-electron chi connectivity index (χ0n) is 19.5. The van der Waals surface area contributed by atoms with Crippen molar-refractivity contribution in [2.45, 2.75) is 44.7 Å². The van der Waals surface area contributed by atoms with Crippen molar-refractivity contribution in [3.63, 3.8) is 0 Å². The van der Waals surface area contributed by atoms with Crippen molar-refractivity contribution in [2.24, 2.45) is 16.8 Å². The van der Waals surface area contributed by atoms with Crippen molar-refractivity contribution in [1.82, 2.24) is 9.62 Å². The van der Waals surface area contributed by atoms with Crippen LogP contribution in [0.1, 0.15) is 33.3 Å². The van der Waals surface area contributed by atoms with Gasteiger partial charge in [-0.3, -0.25) is 14.6 Å². The Morgan fingerprint density at radius 2 is 1.82 bits per heavy atom. The highest BCUT2D eigenvalue weighted by atomic mass is 32.2. The van der Waals surface area contributed by atoms with Crippen molar-refractivity contribution in [3.05, 3.63) is 36.2 Å². The Morgan fingerprint density at radius 1 is 1.12 bits per heavy atom. The molecular formula is C23H28N4O5S. The number of amides is 2. The van der Waals surface area contributed by atoms with Crippen LogP contribution in [0.15, 0.2) is 40.5 Å². The fraction of sp³-hybridized carbons (Fsp3) is 0.435. The number of sulfonamides is 1. The van der Waals surface area contributed by atoms with Gasteiger partial charge in [-0.1, -0.05) is 19.9 Å². The van der Waals surface area contributed by atoms with E-state index in [1.807, 2.05) is 13.8 Å². The van der Waals surface area contributed by atoms with Gasteiger partial charge in [0.05, 0.1) is 16.5 Å². The van der Waals surface area contributed by atoms with Gasteiger partial charge in [0, 0.05) is 38.1 Å². The van der Waals surface area contributed by atoms with Gasteiger partial charge in [-0.25, -0.2) is 13.1 Å². The number of rotatable bonds is 5. The quantitative estimate of drug-likeness (QED) is 0.706. The lowest BCUT2D eigenvalue weighted by atomic mass is 9.86. The molecule has 33 heavy (non-hydrogen) atoms. The molecule has 1 aromatic rings. The van der Waals surface area contributed by atoms with Gasteiger partial charge in [0.1, 0.15) is 5.71 Å². The first-order valence-corrected chi connectivity index (χ1v) is 12.3. The lowest BCUT2D eigenvalue weighted by Gasteiger charge is -2.36. The second-order valence-electron chi connectivity index (χ2n) is 9.11. The molecular weight excluding hydrogens is 444 g/mol. The standard InChI is InChI=1S/C23H28N4O5S/c1-12(2)20-23(29)27(6)18-10-14(33(30,31)25-13(3)4)9-16(21(18)32-20)17-11-26(5)22(28)19-15(17)7-8-24-19/h7-13,15,20,25H,1-6H3. The van der Waals surface area contributed by atoms with Gasteiger partial charge >= 0.3 is 0 Å². The molecule has 2 atom stereocenters. The predicted molar refractivity (Wildman–Crippen MR) is 125 cm³/mol. The van der Waals surface area contributed by atoms with Crippen LogP contribution in [-0.2, 0) is 19.6 Å². The van der Waals surface area contributed by atoms with E-state index in [9.17, 15) is 18.0 Å². The molecule has 2 amide bonds. The number of hydrogen-bond donors (Lipinski definition) is 1.